The van der Waals surface area contributed by atoms with Crippen LogP contribution in [-0.4, -0.2) is 24.4 Å². The molecular formula is C12H20O2. The standard InChI is InChI=1S/C12H20O2/c1-9(2,3)11-5-10(4,6-11)14-12(11)7-13-8-12/h5-8H2,1-4H3. The molecule has 2 nitrogen and oxygen atoms in total. The number of hydrogen-bond acceptors (Lipinski definition) is 2. The normalized spacial score (nSPS) is 48.9. The summed E-state index contributed by atoms with van der Waals surface area (Å²) in [5.74, 6) is 0. The van der Waals surface area contributed by atoms with Gasteiger partial charge in [0.05, 0.1) is 18.8 Å². The van der Waals surface area contributed by atoms with E-state index in [1.165, 1.54) is 12.8 Å². The summed E-state index contributed by atoms with van der Waals surface area (Å²) in [5.41, 5.74) is 0.955. The van der Waals surface area contributed by atoms with E-state index in [1.807, 2.05) is 0 Å². The summed E-state index contributed by atoms with van der Waals surface area (Å²) in [4.78, 5) is 0. The van der Waals surface area contributed by atoms with E-state index in [2.05, 4.69) is 27.7 Å². The summed E-state index contributed by atoms with van der Waals surface area (Å²) in [5, 5.41) is 0. The van der Waals surface area contributed by atoms with Gasteiger partial charge < -0.3 is 9.47 Å². The van der Waals surface area contributed by atoms with Crippen LogP contribution in [0.15, 0.2) is 0 Å². The van der Waals surface area contributed by atoms with E-state index >= 15 is 0 Å². The Kier molecular flexibility index (Phi) is 1.34. The van der Waals surface area contributed by atoms with Gasteiger partial charge in [-0.3, -0.25) is 0 Å². The van der Waals surface area contributed by atoms with Crippen molar-refractivity contribution in [2.75, 3.05) is 13.2 Å². The first kappa shape index (κ1) is 9.17. The Bertz CT molecular complexity index is 277. The fourth-order valence-corrected chi connectivity index (χ4v) is 4.03. The van der Waals surface area contributed by atoms with E-state index in [4.69, 9.17) is 9.47 Å². The molecule has 0 aromatic rings. The van der Waals surface area contributed by atoms with Crippen molar-refractivity contribution in [2.24, 2.45) is 10.8 Å². The molecule has 0 N–H and O–H groups in total. The molecule has 1 saturated carbocycles. The van der Waals surface area contributed by atoms with E-state index in [-0.39, 0.29) is 11.2 Å². The molecule has 1 aliphatic carbocycles. The van der Waals surface area contributed by atoms with E-state index in [0.29, 0.717) is 10.8 Å². The first-order valence-electron chi connectivity index (χ1n) is 5.61. The van der Waals surface area contributed by atoms with E-state index < -0.39 is 0 Å². The molecule has 0 amide bonds. The molecule has 0 unspecified atom stereocenters. The zero-order valence-electron chi connectivity index (χ0n) is 9.64. The third kappa shape index (κ3) is 0.737. The smallest absolute Gasteiger partial charge is 0.122 e. The summed E-state index contributed by atoms with van der Waals surface area (Å²) in [6, 6.07) is 0. The average molecular weight is 196 g/mol. The number of ether oxygens (including phenoxy) is 2. The summed E-state index contributed by atoms with van der Waals surface area (Å²) in [7, 11) is 0. The van der Waals surface area contributed by atoms with E-state index in [1.54, 1.807) is 0 Å². The van der Waals surface area contributed by atoms with E-state index in [9.17, 15) is 0 Å². The summed E-state index contributed by atoms with van der Waals surface area (Å²) >= 11 is 0. The molecule has 0 atom stereocenters. The molecule has 0 aromatic carbocycles. The largest absolute Gasteiger partial charge is 0.375 e. The molecule has 1 spiro atoms. The van der Waals surface area contributed by atoms with Crippen molar-refractivity contribution in [3.63, 3.8) is 0 Å². The first-order chi connectivity index (χ1) is 6.33. The first-order valence-corrected chi connectivity index (χ1v) is 5.61. The van der Waals surface area contributed by atoms with Gasteiger partial charge in [-0.05, 0) is 25.2 Å². The second-order valence-corrected chi connectivity index (χ2v) is 6.72. The highest BCUT2D eigenvalue weighted by atomic mass is 16.6. The number of hydrogen-bond donors (Lipinski definition) is 0. The lowest BCUT2D eigenvalue weighted by molar-refractivity contribution is -0.228. The molecule has 0 radical (unpaired) electrons. The molecule has 4 aliphatic rings. The maximum Gasteiger partial charge on any atom is 0.122 e. The van der Waals surface area contributed by atoms with Crippen molar-refractivity contribution in [3.8, 4) is 0 Å². The molecule has 3 heterocycles. The van der Waals surface area contributed by atoms with Gasteiger partial charge in [-0.15, -0.1) is 0 Å². The minimum Gasteiger partial charge on any atom is -0.375 e. The van der Waals surface area contributed by atoms with Crippen molar-refractivity contribution < 1.29 is 9.47 Å². The molecule has 4 rings (SSSR count). The van der Waals surface area contributed by atoms with Crippen molar-refractivity contribution >= 4 is 0 Å². The van der Waals surface area contributed by atoms with Crippen LogP contribution in [0.1, 0.15) is 40.5 Å². The van der Waals surface area contributed by atoms with Gasteiger partial charge >= 0.3 is 0 Å². The zero-order chi connectivity index (χ0) is 10.2. The Labute approximate surface area is 86.0 Å². The van der Waals surface area contributed by atoms with Gasteiger partial charge in [0.2, 0.25) is 0 Å². The second kappa shape index (κ2) is 2.05. The Morgan fingerprint density at radius 3 is 1.93 bits per heavy atom. The van der Waals surface area contributed by atoms with Crippen LogP contribution in [0.25, 0.3) is 0 Å². The third-order valence-electron chi connectivity index (χ3n) is 4.77. The molecule has 3 aliphatic heterocycles. The van der Waals surface area contributed by atoms with Crippen LogP contribution in [0.3, 0.4) is 0 Å². The van der Waals surface area contributed by atoms with Gasteiger partial charge in [-0.2, -0.15) is 0 Å². The summed E-state index contributed by atoms with van der Waals surface area (Å²) in [6.07, 6.45) is 2.46. The quantitative estimate of drug-likeness (QED) is 0.592. The highest BCUT2D eigenvalue weighted by Crippen LogP contribution is 2.74. The predicted molar refractivity (Wildman–Crippen MR) is 54.2 cm³/mol. The van der Waals surface area contributed by atoms with Crippen LogP contribution in [0.2, 0.25) is 0 Å². The van der Waals surface area contributed by atoms with Crippen LogP contribution >= 0.6 is 0 Å². The fraction of sp³-hybridized carbons (Fsp3) is 1.00. The van der Waals surface area contributed by atoms with Gasteiger partial charge in [0.25, 0.3) is 0 Å². The Morgan fingerprint density at radius 1 is 1.07 bits per heavy atom. The predicted octanol–water partition coefficient (Wildman–Crippen LogP) is 2.37. The van der Waals surface area contributed by atoms with Crippen LogP contribution in [0.4, 0.5) is 0 Å². The van der Waals surface area contributed by atoms with E-state index in [0.717, 1.165) is 13.2 Å². The lowest BCUT2D eigenvalue weighted by Gasteiger charge is -2.58. The SMILES string of the molecule is CC12CC(C(C)(C)C)(C1)C1(COC1)O2. The second-order valence-electron chi connectivity index (χ2n) is 6.72. The molecule has 0 aromatic heterocycles. The highest BCUT2D eigenvalue weighted by Gasteiger charge is 2.78. The Hall–Kier alpha value is -0.0800. The zero-order valence-corrected chi connectivity index (χ0v) is 9.64. The van der Waals surface area contributed by atoms with Crippen LogP contribution < -0.4 is 0 Å². The number of rotatable bonds is 0. The maximum absolute atomic E-state index is 6.25. The van der Waals surface area contributed by atoms with Crippen molar-refractivity contribution in [2.45, 2.75) is 51.7 Å². The highest BCUT2D eigenvalue weighted by molar-refractivity contribution is 5.26. The summed E-state index contributed by atoms with van der Waals surface area (Å²) in [6.45, 7) is 10.9. The van der Waals surface area contributed by atoms with Gasteiger partial charge in [0.15, 0.2) is 0 Å². The maximum atomic E-state index is 6.25. The molecule has 2 bridgehead atoms. The third-order valence-corrected chi connectivity index (χ3v) is 4.77. The summed E-state index contributed by atoms with van der Waals surface area (Å²) < 4.78 is 11.6. The molecule has 80 valence electrons. The van der Waals surface area contributed by atoms with Gasteiger partial charge in [-0.25, -0.2) is 0 Å². The molecule has 4 fully saturated rings. The van der Waals surface area contributed by atoms with Crippen molar-refractivity contribution in [3.05, 3.63) is 0 Å². The molecule has 14 heavy (non-hydrogen) atoms. The van der Waals surface area contributed by atoms with Crippen molar-refractivity contribution in [1.29, 1.82) is 0 Å². The molecule has 3 saturated heterocycles. The minimum atomic E-state index is 0.0694. The Morgan fingerprint density at radius 2 is 1.64 bits per heavy atom. The lowest BCUT2D eigenvalue weighted by atomic mass is 9.46. The fourth-order valence-electron chi connectivity index (χ4n) is 4.03. The van der Waals surface area contributed by atoms with Crippen LogP contribution in [0.5, 0.6) is 0 Å². The average Bonchev–Trinajstić information content (AvgIpc) is 2.29. The van der Waals surface area contributed by atoms with Gasteiger partial charge in [0.1, 0.15) is 5.60 Å². The van der Waals surface area contributed by atoms with Crippen LogP contribution in [-0.2, 0) is 9.47 Å². The Balaban J connectivity index is 2.01. The minimum absolute atomic E-state index is 0.0694. The molecular weight excluding hydrogens is 176 g/mol. The van der Waals surface area contributed by atoms with Gasteiger partial charge in [-0.1, -0.05) is 20.8 Å². The van der Waals surface area contributed by atoms with Crippen molar-refractivity contribution in [1.82, 2.24) is 0 Å². The molecule has 2 heteroatoms. The van der Waals surface area contributed by atoms with Gasteiger partial charge in [0, 0.05) is 5.41 Å². The monoisotopic (exact) mass is 196 g/mol. The van der Waals surface area contributed by atoms with Crippen LogP contribution in [0, 0.1) is 10.8 Å². The lowest BCUT2D eigenvalue weighted by Crippen LogP contribution is -2.64. The topological polar surface area (TPSA) is 18.5 Å².